The van der Waals surface area contributed by atoms with Crippen molar-refractivity contribution in [2.75, 3.05) is 52.8 Å². The smallest absolute Gasteiger partial charge is 0.226 e. The molecule has 1 saturated carbocycles. The molecule has 0 amide bonds. The van der Waals surface area contributed by atoms with Crippen LogP contribution in [0.15, 0.2) is 60.7 Å². The highest BCUT2D eigenvalue weighted by atomic mass is 19.2. The maximum absolute atomic E-state index is 14.0. The van der Waals surface area contributed by atoms with Gasteiger partial charge in [0, 0.05) is 30.1 Å². The van der Waals surface area contributed by atoms with Gasteiger partial charge in [-0.25, -0.2) is 8.78 Å². The number of alkyl halides is 2. The van der Waals surface area contributed by atoms with Crippen molar-refractivity contribution in [3.05, 3.63) is 77.4 Å². The number of anilines is 1. The highest BCUT2D eigenvalue weighted by molar-refractivity contribution is 5.61. The van der Waals surface area contributed by atoms with Crippen LogP contribution < -0.4 is 19.1 Å². The Labute approximate surface area is 238 Å². The molecule has 0 unspecified atom stereocenters. The normalized spacial score (nSPS) is 32.1. The van der Waals surface area contributed by atoms with Gasteiger partial charge in [-0.2, -0.15) is 4.98 Å². The van der Waals surface area contributed by atoms with Gasteiger partial charge in [0.25, 0.3) is 0 Å². The number of aliphatic hydroxyl groups excluding tert-OH is 1. The summed E-state index contributed by atoms with van der Waals surface area (Å²) in [5.74, 6) is -0.353. The number of hydrogen-bond donors (Lipinski definition) is 2. The van der Waals surface area contributed by atoms with Crippen molar-refractivity contribution >= 4 is 5.69 Å². The molecule has 2 aliphatic heterocycles. The van der Waals surface area contributed by atoms with Gasteiger partial charge in [0.1, 0.15) is 5.75 Å². The fourth-order valence-electron chi connectivity index (χ4n) is 7.14. The number of fused-ring (bicyclic) bond motifs is 3. The summed E-state index contributed by atoms with van der Waals surface area (Å²) in [5.41, 5.74) is -1.09. The first-order valence-electron chi connectivity index (χ1n) is 13.7. The zero-order valence-corrected chi connectivity index (χ0v) is 23.5. The van der Waals surface area contributed by atoms with Crippen LogP contribution in [-0.2, 0) is 11.2 Å². The minimum absolute atomic E-state index is 0.0313. The number of hydrogen-bond acceptors (Lipinski definition) is 8. The van der Waals surface area contributed by atoms with Crippen LogP contribution in [0.5, 0.6) is 17.5 Å². The topological polar surface area (TPSA) is 87.5 Å². The van der Waals surface area contributed by atoms with Crippen LogP contribution in [-0.4, -0.2) is 86.5 Å². The molecule has 0 spiro atoms. The van der Waals surface area contributed by atoms with Gasteiger partial charge in [-0.15, -0.1) is 0 Å². The first kappa shape index (κ1) is 27.7. The van der Waals surface area contributed by atoms with Crippen LogP contribution in [0.4, 0.5) is 14.5 Å². The molecule has 10 heteroatoms. The van der Waals surface area contributed by atoms with Gasteiger partial charge in [-0.1, -0.05) is 42.5 Å². The molecule has 2 fully saturated rings. The summed E-state index contributed by atoms with van der Waals surface area (Å²) in [4.78, 5) is 8.07. The molecule has 3 aromatic rings. The molecular weight excluding hydrogens is 532 g/mol. The molecule has 2 N–H and O–H groups in total. The van der Waals surface area contributed by atoms with Crippen LogP contribution in [0, 0.1) is 5.92 Å². The summed E-state index contributed by atoms with van der Waals surface area (Å²) in [5, 5.41) is 25.1. The number of aromatic nitrogens is 1. The van der Waals surface area contributed by atoms with Crippen LogP contribution in [0.2, 0.25) is 0 Å². The van der Waals surface area contributed by atoms with Crippen molar-refractivity contribution in [3.8, 4) is 17.5 Å². The Morgan fingerprint density at radius 2 is 1.68 bits per heavy atom. The highest BCUT2D eigenvalue weighted by Crippen LogP contribution is 2.70. The van der Waals surface area contributed by atoms with Gasteiger partial charge in [0.15, 0.2) is 23.5 Å². The van der Waals surface area contributed by atoms with E-state index in [0.29, 0.717) is 23.5 Å². The summed E-state index contributed by atoms with van der Waals surface area (Å²) < 4.78 is 45.9. The Balaban J connectivity index is 1.59. The van der Waals surface area contributed by atoms with E-state index in [-0.39, 0.29) is 30.4 Å². The van der Waals surface area contributed by atoms with E-state index in [0.717, 1.165) is 5.56 Å². The highest BCUT2D eigenvalue weighted by Gasteiger charge is 2.77. The summed E-state index contributed by atoms with van der Waals surface area (Å²) in [6.07, 6.45) is -4.36. The van der Waals surface area contributed by atoms with E-state index in [1.165, 1.54) is 14.2 Å². The van der Waals surface area contributed by atoms with Gasteiger partial charge in [-0.3, -0.25) is 0 Å². The van der Waals surface area contributed by atoms with Crippen molar-refractivity contribution in [2.24, 2.45) is 5.92 Å². The Bertz CT molecular complexity index is 1400. The predicted octanol–water partition coefficient (Wildman–Crippen LogP) is 3.41. The molecule has 0 radical (unpaired) electrons. The fraction of sp³-hybridized carbons (Fsp3) is 0.452. The molecule has 6 rings (SSSR count). The van der Waals surface area contributed by atoms with Crippen LogP contribution >= 0.6 is 0 Å². The molecular formula is C31H35F2N3O5. The van der Waals surface area contributed by atoms with E-state index in [1.54, 1.807) is 23.1 Å². The Morgan fingerprint density at radius 3 is 2.27 bits per heavy atom. The molecule has 2 aromatic carbocycles. The lowest BCUT2D eigenvalue weighted by atomic mass is 9.70. The molecule has 8 nitrogen and oxygen atoms in total. The van der Waals surface area contributed by atoms with Crippen molar-refractivity contribution in [1.82, 2.24) is 9.88 Å². The number of rotatable bonds is 7. The summed E-state index contributed by atoms with van der Waals surface area (Å²) in [7, 11) is 6.76. The number of ether oxygens (including phenoxy) is 3. The average Bonchev–Trinajstić information content (AvgIpc) is 3.51. The Morgan fingerprint density at radius 1 is 1.02 bits per heavy atom. The molecule has 0 bridgehead atoms. The monoisotopic (exact) mass is 567 g/mol. The summed E-state index contributed by atoms with van der Waals surface area (Å²) >= 11 is 0. The fourth-order valence-corrected chi connectivity index (χ4v) is 7.14. The van der Waals surface area contributed by atoms with Gasteiger partial charge >= 0.3 is 0 Å². The van der Waals surface area contributed by atoms with E-state index < -0.39 is 41.5 Å². The number of aliphatic hydroxyl groups is 2. The molecule has 3 heterocycles. The first-order chi connectivity index (χ1) is 19.6. The molecule has 218 valence electrons. The number of methoxy groups -OCH3 is 2. The standard InChI is InChI=1S/C31H35F2N3O5/c1-35(2)15-21-26(18-8-6-5-7-9-18)31(19-10-12-20(13-11-19)36-16-22(32)23(33)17-36)30(38,28(21)37)27-24(41-31)14-25(39-3)34-29(27)40-4/h5-14,21-23,26,28,37-38H,15-17H2,1-4H3/t21-,22-,23-,26-,28-,30+,31+/m1/s1. The predicted molar refractivity (Wildman–Crippen MR) is 149 cm³/mol. The Kier molecular flexibility index (Phi) is 6.83. The lowest BCUT2D eigenvalue weighted by molar-refractivity contribution is -0.152. The van der Waals surface area contributed by atoms with Gasteiger partial charge < -0.3 is 34.2 Å². The number of nitrogens with zero attached hydrogens (tertiary/aromatic N) is 3. The second kappa shape index (κ2) is 10.1. The first-order valence-corrected chi connectivity index (χ1v) is 13.7. The van der Waals surface area contributed by atoms with Crippen LogP contribution in [0.3, 0.4) is 0 Å². The second-order valence-electron chi connectivity index (χ2n) is 11.4. The summed E-state index contributed by atoms with van der Waals surface area (Å²) in [6.45, 7) is 0.393. The third-order valence-electron chi connectivity index (χ3n) is 8.83. The molecule has 7 atom stereocenters. The van der Waals surface area contributed by atoms with Crippen molar-refractivity contribution in [3.63, 3.8) is 0 Å². The number of benzene rings is 2. The maximum atomic E-state index is 14.0. The molecule has 1 aliphatic carbocycles. The van der Waals surface area contributed by atoms with Gasteiger partial charge in [0.2, 0.25) is 11.8 Å². The van der Waals surface area contributed by atoms with Crippen molar-refractivity contribution < 1.29 is 33.2 Å². The molecule has 1 aromatic heterocycles. The van der Waals surface area contributed by atoms with Crippen LogP contribution in [0.25, 0.3) is 0 Å². The van der Waals surface area contributed by atoms with E-state index in [4.69, 9.17) is 14.2 Å². The summed E-state index contributed by atoms with van der Waals surface area (Å²) in [6, 6.07) is 18.5. The lowest BCUT2D eigenvalue weighted by Gasteiger charge is -2.41. The van der Waals surface area contributed by atoms with Crippen molar-refractivity contribution in [2.45, 2.75) is 35.6 Å². The number of pyridine rings is 1. The zero-order valence-electron chi connectivity index (χ0n) is 23.5. The third kappa shape index (κ3) is 3.99. The zero-order chi connectivity index (χ0) is 29.1. The van der Waals surface area contributed by atoms with Crippen molar-refractivity contribution in [1.29, 1.82) is 0 Å². The van der Waals surface area contributed by atoms with E-state index in [9.17, 15) is 19.0 Å². The average molecular weight is 568 g/mol. The Hall–Kier alpha value is -3.47. The number of halogens is 2. The van der Waals surface area contributed by atoms with Gasteiger partial charge in [0.05, 0.1) is 39.0 Å². The molecule has 1 saturated heterocycles. The van der Waals surface area contributed by atoms with E-state index >= 15 is 0 Å². The maximum Gasteiger partial charge on any atom is 0.226 e. The third-order valence-corrected chi connectivity index (χ3v) is 8.83. The van der Waals surface area contributed by atoms with Crippen LogP contribution in [0.1, 0.15) is 22.6 Å². The minimum atomic E-state index is -1.97. The molecule has 41 heavy (non-hydrogen) atoms. The minimum Gasteiger partial charge on any atom is -0.481 e. The largest absolute Gasteiger partial charge is 0.481 e. The SMILES string of the molecule is COc1cc2c(c(OC)n1)[C@]1(O)[C@H](O)[C@H](CN(C)C)[C@@H](c3ccccc3)[C@]1(c1ccc(N3C[C@@H](F)[C@H](F)C3)cc1)O2. The second-order valence-corrected chi connectivity index (χ2v) is 11.4. The van der Waals surface area contributed by atoms with E-state index in [1.807, 2.05) is 61.5 Å². The van der Waals surface area contributed by atoms with Gasteiger partial charge in [-0.05, 0) is 37.4 Å². The van der Waals surface area contributed by atoms with E-state index in [2.05, 4.69) is 4.98 Å². The molecule has 3 aliphatic rings. The lowest BCUT2D eigenvalue weighted by Crippen LogP contribution is -2.52. The quantitative estimate of drug-likeness (QED) is 0.450.